The topological polar surface area (TPSA) is 15.6 Å². The van der Waals surface area contributed by atoms with E-state index in [-0.39, 0.29) is 0 Å². The molecule has 0 aromatic heterocycles. The fourth-order valence-corrected chi connectivity index (χ4v) is 0.684. The van der Waals surface area contributed by atoms with Crippen LogP contribution in [0.2, 0.25) is 0 Å². The lowest BCUT2D eigenvalue weighted by Crippen LogP contribution is -2.24. The fourth-order valence-electron chi connectivity index (χ4n) is 0.684. The van der Waals surface area contributed by atoms with E-state index in [9.17, 15) is 0 Å². The quantitative estimate of drug-likeness (QED) is 0.419. The van der Waals surface area contributed by atoms with Crippen LogP contribution in [0.15, 0.2) is 17.1 Å². The van der Waals surface area contributed by atoms with Gasteiger partial charge in [0.15, 0.2) is 0 Å². The van der Waals surface area contributed by atoms with Crippen LogP contribution in [-0.4, -0.2) is 31.4 Å². The summed E-state index contributed by atoms with van der Waals surface area (Å²) in [6.07, 6.45) is 4.00. The van der Waals surface area contributed by atoms with Crippen molar-refractivity contribution in [3.05, 3.63) is 12.2 Å². The predicted molar refractivity (Wildman–Crippen MR) is 46.5 cm³/mol. The zero-order chi connectivity index (χ0) is 7.98. The standard InChI is InChI=1S/C8H16N2/c1-5-7-8(9-3)10(4)6-2/h5,7H,6H2,1-4H3/b7-5-,9-8?. The molecule has 0 rings (SSSR count). The molecule has 0 aromatic carbocycles. The van der Waals surface area contributed by atoms with Gasteiger partial charge in [0, 0.05) is 20.6 Å². The van der Waals surface area contributed by atoms with Crippen molar-refractivity contribution in [2.75, 3.05) is 20.6 Å². The SMILES string of the molecule is C/C=C\C(=NC)N(C)CC. The lowest BCUT2D eigenvalue weighted by molar-refractivity contribution is 0.537. The Morgan fingerprint density at radius 2 is 2.20 bits per heavy atom. The van der Waals surface area contributed by atoms with Gasteiger partial charge in [-0.2, -0.15) is 0 Å². The summed E-state index contributed by atoms with van der Waals surface area (Å²) in [5.74, 6) is 1.03. The Kier molecular flexibility index (Phi) is 4.63. The van der Waals surface area contributed by atoms with Gasteiger partial charge in [0.2, 0.25) is 0 Å². The lowest BCUT2D eigenvalue weighted by Gasteiger charge is -2.15. The highest BCUT2D eigenvalue weighted by Gasteiger charge is 1.95. The zero-order valence-corrected chi connectivity index (χ0v) is 7.26. The maximum atomic E-state index is 4.10. The molecule has 0 aliphatic rings. The van der Waals surface area contributed by atoms with Gasteiger partial charge in [0.25, 0.3) is 0 Å². The molecule has 0 radical (unpaired) electrons. The van der Waals surface area contributed by atoms with Crippen LogP contribution in [0, 0.1) is 0 Å². The molecule has 0 heterocycles. The molecule has 0 spiro atoms. The van der Waals surface area contributed by atoms with Gasteiger partial charge in [-0.05, 0) is 19.9 Å². The average molecular weight is 140 g/mol. The van der Waals surface area contributed by atoms with E-state index >= 15 is 0 Å². The first-order chi connectivity index (χ1) is 4.76. The number of likely N-dealkylation sites (N-methyl/N-ethyl adjacent to an activating group) is 1. The molecule has 0 unspecified atom stereocenters. The zero-order valence-electron chi connectivity index (χ0n) is 7.26. The fraction of sp³-hybridized carbons (Fsp3) is 0.625. The molecule has 0 aromatic rings. The van der Waals surface area contributed by atoms with Crippen LogP contribution in [-0.2, 0) is 0 Å². The van der Waals surface area contributed by atoms with Crippen LogP contribution in [0.25, 0.3) is 0 Å². The van der Waals surface area contributed by atoms with Crippen LogP contribution < -0.4 is 0 Å². The highest BCUT2D eigenvalue weighted by atomic mass is 15.1. The molecular formula is C8H16N2. The van der Waals surface area contributed by atoms with E-state index in [1.54, 1.807) is 0 Å². The van der Waals surface area contributed by atoms with Crippen LogP contribution in [0.4, 0.5) is 0 Å². The minimum atomic E-state index is 0.997. The third-order valence-corrected chi connectivity index (χ3v) is 1.41. The van der Waals surface area contributed by atoms with Gasteiger partial charge < -0.3 is 4.90 Å². The predicted octanol–water partition coefficient (Wildman–Crippen LogP) is 1.54. The molecule has 0 atom stereocenters. The summed E-state index contributed by atoms with van der Waals surface area (Å²) in [4.78, 5) is 6.20. The van der Waals surface area contributed by atoms with Crippen molar-refractivity contribution in [3.8, 4) is 0 Å². The number of aliphatic imine (C=N–C) groups is 1. The third-order valence-electron chi connectivity index (χ3n) is 1.41. The third kappa shape index (κ3) is 2.67. The van der Waals surface area contributed by atoms with Crippen LogP contribution in [0.1, 0.15) is 13.8 Å². The van der Waals surface area contributed by atoms with Crippen molar-refractivity contribution >= 4 is 5.84 Å². The summed E-state index contributed by atoms with van der Waals surface area (Å²) in [6, 6.07) is 0. The molecule has 0 saturated heterocycles. The number of hydrogen-bond donors (Lipinski definition) is 0. The Labute approximate surface area is 63.3 Å². The van der Waals surface area contributed by atoms with Gasteiger partial charge in [-0.15, -0.1) is 0 Å². The van der Waals surface area contributed by atoms with Gasteiger partial charge in [-0.3, -0.25) is 4.99 Å². The first-order valence-corrected chi connectivity index (χ1v) is 3.56. The summed E-state index contributed by atoms with van der Waals surface area (Å²) < 4.78 is 0. The first kappa shape index (κ1) is 9.21. The molecular weight excluding hydrogens is 124 g/mol. The summed E-state index contributed by atoms with van der Waals surface area (Å²) >= 11 is 0. The van der Waals surface area contributed by atoms with E-state index in [0.717, 1.165) is 12.4 Å². The normalized spacial score (nSPS) is 12.6. The van der Waals surface area contributed by atoms with Crippen molar-refractivity contribution in [2.24, 2.45) is 4.99 Å². The van der Waals surface area contributed by atoms with Crippen molar-refractivity contribution < 1.29 is 0 Å². The maximum Gasteiger partial charge on any atom is 0.122 e. The summed E-state index contributed by atoms with van der Waals surface area (Å²) in [7, 11) is 3.84. The Morgan fingerprint density at radius 1 is 1.60 bits per heavy atom. The Bertz CT molecular complexity index is 136. The Balaban J connectivity index is 4.08. The van der Waals surface area contributed by atoms with E-state index < -0.39 is 0 Å². The monoisotopic (exact) mass is 140 g/mol. The van der Waals surface area contributed by atoms with Crippen LogP contribution in [0.3, 0.4) is 0 Å². The number of hydrogen-bond acceptors (Lipinski definition) is 1. The molecule has 0 aliphatic carbocycles. The van der Waals surface area contributed by atoms with Crippen molar-refractivity contribution in [1.82, 2.24) is 4.90 Å². The van der Waals surface area contributed by atoms with Crippen molar-refractivity contribution in [3.63, 3.8) is 0 Å². The minimum absolute atomic E-state index is 0.997. The summed E-state index contributed by atoms with van der Waals surface area (Å²) in [5.41, 5.74) is 0. The molecule has 58 valence electrons. The van der Waals surface area contributed by atoms with E-state index in [1.165, 1.54) is 0 Å². The molecule has 0 bridgehead atoms. The second-order valence-corrected chi connectivity index (χ2v) is 2.10. The maximum absolute atomic E-state index is 4.10. The smallest absolute Gasteiger partial charge is 0.122 e. The number of amidine groups is 1. The van der Waals surface area contributed by atoms with Gasteiger partial charge >= 0.3 is 0 Å². The molecule has 0 amide bonds. The van der Waals surface area contributed by atoms with Crippen molar-refractivity contribution in [2.45, 2.75) is 13.8 Å². The van der Waals surface area contributed by atoms with E-state index in [4.69, 9.17) is 0 Å². The second kappa shape index (κ2) is 5.03. The lowest BCUT2D eigenvalue weighted by atomic mass is 10.4. The van der Waals surface area contributed by atoms with Gasteiger partial charge in [-0.25, -0.2) is 0 Å². The highest BCUT2D eigenvalue weighted by Crippen LogP contribution is 1.88. The highest BCUT2D eigenvalue weighted by molar-refractivity contribution is 5.92. The van der Waals surface area contributed by atoms with Gasteiger partial charge in [-0.1, -0.05) is 6.08 Å². The van der Waals surface area contributed by atoms with Crippen LogP contribution >= 0.6 is 0 Å². The first-order valence-electron chi connectivity index (χ1n) is 3.56. The minimum Gasteiger partial charge on any atom is -0.360 e. The average Bonchev–Trinajstić information content (AvgIpc) is 1.99. The number of rotatable bonds is 2. The molecule has 2 heteroatoms. The van der Waals surface area contributed by atoms with Crippen LogP contribution in [0.5, 0.6) is 0 Å². The largest absolute Gasteiger partial charge is 0.360 e. The van der Waals surface area contributed by atoms with E-state index in [2.05, 4.69) is 16.8 Å². The van der Waals surface area contributed by atoms with E-state index in [0.29, 0.717) is 0 Å². The molecule has 0 fully saturated rings. The number of nitrogens with zero attached hydrogens (tertiary/aromatic N) is 2. The van der Waals surface area contributed by atoms with Crippen molar-refractivity contribution in [1.29, 1.82) is 0 Å². The van der Waals surface area contributed by atoms with Gasteiger partial charge in [0.05, 0.1) is 0 Å². The number of allylic oxidation sites excluding steroid dienone is 1. The summed E-state index contributed by atoms with van der Waals surface area (Å²) in [5, 5.41) is 0. The molecule has 0 N–H and O–H groups in total. The summed E-state index contributed by atoms with van der Waals surface area (Å²) in [6.45, 7) is 5.10. The molecule has 2 nitrogen and oxygen atoms in total. The Morgan fingerprint density at radius 3 is 2.50 bits per heavy atom. The molecule has 0 saturated carbocycles. The molecule has 10 heavy (non-hydrogen) atoms. The van der Waals surface area contributed by atoms with E-state index in [1.807, 2.05) is 33.2 Å². The van der Waals surface area contributed by atoms with Gasteiger partial charge in [0.1, 0.15) is 5.84 Å². The second-order valence-electron chi connectivity index (χ2n) is 2.10. The molecule has 0 aliphatic heterocycles. The Hall–Kier alpha value is -0.790.